The van der Waals surface area contributed by atoms with Crippen molar-refractivity contribution in [3.8, 4) is 11.5 Å². The summed E-state index contributed by atoms with van der Waals surface area (Å²) < 4.78 is 36.0. The number of fused-ring (bicyclic) bond motifs is 3. The number of aliphatic hydroxyl groups excluding tert-OH is 2. The van der Waals surface area contributed by atoms with Crippen LogP contribution in [0.1, 0.15) is 112 Å². The molecule has 5 rings (SSSR count). The third-order valence-corrected chi connectivity index (χ3v) is 13.9. The second-order valence-corrected chi connectivity index (χ2v) is 18.7. The molecule has 0 spiro atoms. The van der Waals surface area contributed by atoms with Crippen molar-refractivity contribution >= 4 is 23.4 Å². The number of piperidine rings is 1. The van der Waals surface area contributed by atoms with Crippen molar-refractivity contribution in [1.29, 1.82) is 0 Å². The normalized spacial score (nSPS) is 37.3. The maximum Gasteiger partial charge on any atom is 0.329 e. The van der Waals surface area contributed by atoms with Crippen LogP contribution >= 0.6 is 0 Å². The van der Waals surface area contributed by atoms with Gasteiger partial charge in [0.1, 0.15) is 41.6 Å². The molecule has 0 aromatic heterocycles. The zero-order valence-electron chi connectivity index (χ0n) is 38.8. The van der Waals surface area contributed by atoms with E-state index in [9.17, 15) is 34.5 Å². The van der Waals surface area contributed by atoms with Crippen molar-refractivity contribution in [3.63, 3.8) is 0 Å². The highest BCUT2D eigenvalue weighted by Gasteiger charge is 2.56. The smallest absolute Gasteiger partial charge is 0.329 e. The molecule has 1 amide bonds. The molecule has 3 aliphatic heterocycles. The van der Waals surface area contributed by atoms with Gasteiger partial charge in [-0.1, -0.05) is 51.5 Å². The largest absolute Gasteiger partial charge is 0.497 e. The monoisotopic (exact) mass is 884 g/mol. The highest BCUT2D eigenvalue weighted by atomic mass is 16.7. The van der Waals surface area contributed by atoms with E-state index in [2.05, 4.69) is 0 Å². The number of ketones is 2. The summed E-state index contributed by atoms with van der Waals surface area (Å²) in [7, 11) is 4.63. The van der Waals surface area contributed by atoms with Crippen LogP contribution < -0.4 is 9.47 Å². The number of allylic oxidation sites excluding steroid dienone is 3. The van der Waals surface area contributed by atoms with E-state index in [0.29, 0.717) is 68.4 Å². The zero-order chi connectivity index (χ0) is 46.2. The minimum atomic E-state index is -2.52. The fourth-order valence-electron chi connectivity index (χ4n) is 10.1. The minimum Gasteiger partial charge on any atom is -0.497 e. The van der Waals surface area contributed by atoms with Crippen molar-refractivity contribution in [3.05, 3.63) is 47.6 Å². The molecule has 3 N–H and O–H groups in total. The van der Waals surface area contributed by atoms with E-state index in [1.807, 2.05) is 52.0 Å². The molecule has 14 nitrogen and oxygen atoms in total. The molecule has 0 radical (unpaired) electrons. The van der Waals surface area contributed by atoms with Gasteiger partial charge in [-0.25, -0.2) is 4.79 Å². The second-order valence-electron chi connectivity index (χ2n) is 18.7. The molecule has 3 heterocycles. The van der Waals surface area contributed by atoms with E-state index in [1.165, 1.54) is 19.1 Å². The van der Waals surface area contributed by atoms with Crippen molar-refractivity contribution in [2.24, 2.45) is 29.6 Å². The predicted octanol–water partition coefficient (Wildman–Crippen LogP) is 5.91. The predicted molar refractivity (Wildman–Crippen MR) is 235 cm³/mol. The quantitative estimate of drug-likeness (QED) is 0.159. The Bertz CT molecular complexity index is 1800. The Morgan fingerprint density at radius 1 is 0.905 bits per heavy atom. The molecule has 352 valence electrons. The average molecular weight is 884 g/mol. The molecule has 63 heavy (non-hydrogen) atoms. The lowest BCUT2D eigenvalue weighted by Crippen LogP contribution is -2.64. The summed E-state index contributed by atoms with van der Waals surface area (Å²) in [6.07, 6.45) is 2.93. The van der Waals surface area contributed by atoms with Crippen LogP contribution in [0.2, 0.25) is 0 Å². The Morgan fingerprint density at radius 2 is 1.60 bits per heavy atom. The lowest BCUT2D eigenvalue weighted by molar-refractivity contribution is -0.302. The van der Waals surface area contributed by atoms with E-state index in [0.717, 1.165) is 5.57 Å². The molecule has 14 unspecified atom stereocenters. The van der Waals surface area contributed by atoms with Crippen LogP contribution in [0.4, 0.5) is 0 Å². The van der Waals surface area contributed by atoms with Gasteiger partial charge in [-0.05, 0) is 108 Å². The van der Waals surface area contributed by atoms with Gasteiger partial charge in [-0.3, -0.25) is 14.4 Å². The van der Waals surface area contributed by atoms with Crippen LogP contribution in [-0.2, 0) is 38.1 Å². The molecule has 3 fully saturated rings. The van der Waals surface area contributed by atoms with Gasteiger partial charge < -0.3 is 48.6 Å². The molecule has 1 aromatic carbocycles. The highest BCUT2D eigenvalue weighted by Crippen LogP contribution is 2.39. The van der Waals surface area contributed by atoms with E-state index >= 15 is 0 Å². The number of nitrogens with zero attached hydrogens (tertiary/aromatic N) is 1. The number of aliphatic hydroxyl groups is 3. The standard InChI is InChI=1S/C49H73NO13/c1-10-34-21-28(2)20-29(3)22-42(59-8)45-43(60-9)24-31(5)49(57,63-45)46(54)47(55)50-19-12-11-16-37(50)48(56)62-44(32(6)39(52)27-40(34)53)30(4)23-33-17-18-38(51)41(25-33)61-36-15-13-14-35(26-36)58-7/h13-15,21,23,26,29,31-34,37-39,41-45,51-52,57H,10-12,16-20,22,24-25,27H2,1-9H3. The third-order valence-electron chi connectivity index (χ3n) is 13.9. The third kappa shape index (κ3) is 12.2. The number of methoxy groups -OCH3 is 3. The number of ether oxygens (including phenoxy) is 6. The summed E-state index contributed by atoms with van der Waals surface area (Å²) in [4.78, 5) is 58.2. The van der Waals surface area contributed by atoms with Gasteiger partial charge in [0.05, 0.1) is 31.5 Å². The van der Waals surface area contributed by atoms with Gasteiger partial charge in [0, 0.05) is 51.0 Å². The maximum absolute atomic E-state index is 14.5. The number of rotatable bonds is 8. The summed E-state index contributed by atoms with van der Waals surface area (Å²) in [5, 5.41) is 34.9. The van der Waals surface area contributed by atoms with Crippen LogP contribution in [0, 0.1) is 29.6 Å². The molecular weight excluding hydrogens is 811 g/mol. The summed E-state index contributed by atoms with van der Waals surface area (Å²) in [5.41, 5.74) is 1.62. The van der Waals surface area contributed by atoms with Crippen molar-refractivity contribution in [1.82, 2.24) is 4.90 Å². The van der Waals surface area contributed by atoms with Gasteiger partial charge in [-0.15, -0.1) is 0 Å². The number of hydrogen-bond donors (Lipinski definition) is 3. The number of carbonyl (C=O) groups is 4. The van der Waals surface area contributed by atoms with Crippen molar-refractivity contribution in [2.45, 2.75) is 167 Å². The SMILES string of the molecule is CCC1C=C(C)CC(C)CC(OC)C2OC(O)(C(=O)C(=O)N3CCCCC3C(=O)OC(C(C)=CC3CCC(O)C(Oc4cccc(OC)c4)C3)C(C)C(O)CC1=O)C(C)CC2OC. The van der Waals surface area contributed by atoms with Crippen LogP contribution in [0.3, 0.4) is 0 Å². The minimum absolute atomic E-state index is 0.0216. The highest BCUT2D eigenvalue weighted by molar-refractivity contribution is 6.39. The molecule has 1 aromatic rings. The fraction of sp³-hybridized carbons (Fsp3) is 0.714. The lowest BCUT2D eigenvalue weighted by atomic mass is 9.81. The summed E-state index contributed by atoms with van der Waals surface area (Å²) in [5.74, 6) is -6.58. The van der Waals surface area contributed by atoms with Crippen molar-refractivity contribution in [2.75, 3.05) is 27.9 Å². The number of hydrogen-bond acceptors (Lipinski definition) is 13. The van der Waals surface area contributed by atoms with Crippen LogP contribution in [-0.4, -0.2) is 126 Å². The Kier molecular flexibility index (Phi) is 18.0. The van der Waals surface area contributed by atoms with E-state index in [-0.39, 0.29) is 43.4 Å². The zero-order valence-corrected chi connectivity index (χ0v) is 38.8. The van der Waals surface area contributed by atoms with Gasteiger partial charge in [0.15, 0.2) is 0 Å². The summed E-state index contributed by atoms with van der Waals surface area (Å²) >= 11 is 0. The van der Waals surface area contributed by atoms with Gasteiger partial charge in [0.25, 0.3) is 11.7 Å². The van der Waals surface area contributed by atoms with Gasteiger partial charge >= 0.3 is 5.97 Å². The van der Waals surface area contributed by atoms with E-state index in [4.69, 9.17) is 28.4 Å². The molecule has 14 heteroatoms. The number of amides is 1. The first-order valence-electron chi connectivity index (χ1n) is 23.0. The molecule has 2 saturated heterocycles. The number of benzene rings is 1. The number of carbonyl (C=O) groups excluding carboxylic acids is 4. The Labute approximate surface area is 373 Å². The van der Waals surface area contributed by atoms with Gasteiger partial charge in [-0.2, -0.15) is 0 Å². The fourth-order valence-corrected chi connectivity index (χ4v) is 10.1. The first-order valence-corrected chi connectivity index (χ1v) is 23.0. The first-order chi connectivity index (χ1) is 29.9. The van der Waals surface area contributed by atoms with Gasteiger partial charge in [0.2, 0.25) is 5.79 Å². The molecule has 2 bridgehead atoms. The molecule has 1 saturated carbocycles. The number of Topliss-reactive ketones (excluding diaryl/α,β-unsaturated/α-hetero) is 2. The Hall–Kier alpha value is -3.66. The van der Waals surface area contributed by atoms with Crippen LogP contribution in [0.25, 0.3) is 0 Å². The van der Waals surface area contributed by atoms with E-state index in [1.54, 1.807) is 33.1 Å². The second kappa shape index (κ2) is 22.5. The molecule has 4 aliphatic rings. The van der Waals surface area contributed by atoms with E-state index < -0.39 is 90.0 Å². The summed E-state index contributed by atoms with van der Waals surface area (Å²) in [6.45, 7) is 11.2. The lowest BCUT2D eigenvalue weighted by Gasteiger charge is -2.47. The first kappa shape index (κ1) is 50.3. The van der Waals surface area contributed by atoms with Crippen LogP contribution in [0.15, 0.2) is 47.6 Å². The Morgan fingerprint density at radius 3 is 2.29 bits per heavy atom. The summed E-state index contributed by atoms with van der Waals surface area (Å²) in [6, 6.07) is 6.02. The Balaban J connectivity index is 1.50. The number of esters is 1. The van der Waals surface area contributed by atoms with Crippen molar-refractivity contribution < 1.29 is 62.9 Å². The average Bonchev–Trinajstić information content (AvgIpc) is 3.27. The molecular formula is C49H73NO13. The maximum atomic E-state index is 14.5. The molecule has 14 atom stereocenters. The number of cyclic esters (lactones) is 1. The molecule has 1 aliphatic carbocycles. The van der Waals surface area contributed by atoms with Crippen LogP contribution in [0.5, 0.6) is 11.5 Å². The topological polar surface area (TPSA) is 188 Å².